The van der Waals surface area contributed by atoms with Crippen LogP contribution in [-0.2, 0) is 11.2 Å². The number of unbranched alkanes of at least 4 members (excludes halogenated alkanes) is 1. The van der Waals surface area contributed by atoms with Gasteiger partial charge < -0.3 is 10.2 Å². The van der Waals surface area contributed by atoms with Crippen LogP contribution in [-0.4, -0.2) is 38.5 Å². The number of anilines is 2. The van der Waals surface area contributed by atoms with Crippen LogP contribution in [0.3, 0.4) is 0 Å². The molecule has 0 bridgehead atoms. The lowest BCUT2D eigenvalue weighted by Crippen LogP contribution is -2.38. The zero-order valence-electron chi connectivity index (χ0n) is 17.4. The Labute approximate surface area is 177 Å². The zero-order valence-corrected chi connectivity index (χ0v) is 17.4. The maximum absolute atomic E-state index is 12.7. The number of nitrogens with one attached hydrogen (secondary N) is 1. The topological polar surface area (TPSA) is 75.9 Å². The Morgan fingerprint density at radius 3 is 2.60 bits per heavy atom. The Morgan fingerprint density at radius 2 is 1.90 bits per heavy atom. The predicted molar refractivity (Wildman–Crippen MR) is 118 cm³/mol. The van der Waals surface area contributed by atoms with E-state index in [0.29, 0.717) is 0 Å². The summed E-state index contributed by atoms with van der Waals surface area (Å²) in [4.78, 5) is 27.7. The van der Waals surface area contributed by atoms with Gasteiger partial charge in [0.25, 0.3) is 0 Å². The van der Waals surface area contributed by atoms with Crippen molar-refractivity contribution in [2.75, 3.05) is 23.3 Å². The molecule has 7 heteroatoms. The molecule has 2 aromatic heterocycles. The van der Waals surface area contributed by atoms with Crippen LogP contribution >= 0.6 is 0 Å². The van der Waals surface area contributed by atoms with Gasteiger partial charge in [0, 0.05) is 43.2 Å². The highest BCUT2D eigenvalue weighted by Crippen LogP contribution is 2.24. The Hall–Kier alpha value is -3.22. The summed E-state index contributed by atoms with van der Waals surface area (Å²) in [7, 11) is 0. The maximum atomic E-state index is 12.7. The molecule has 1 aliphatic heterocycles. The standard InChI is InChI=1S/C23H28N6O/c1-2-3-4-18-5-7-20(8-6-18)27-23(30)19-9-12-28(13-10-19)21-15-22(26-16-25-21)29-14-11-24-17-29/h5-8,11,14-17,19H,2-4,9-10,12-13H2,1H3,(H,27,30). The summed E-state index contributed by atoms with van der Waals surface area (Å²) in [6.07, 6.45) is 12.0. The van der Waals surface area contributed by atoms with Crippen molar-refractivity contribution in [1.82, 2.24) is 19.5 Å². The fourth-order valence-corrected chi connectivity index (χ4v) is 3.80. The summed E-state index contributed by atoms with van der Waals surface area (Å²) in [5.74, 6) is 1.81. The molecule has 4 rings (SSSR count). The van der Waals surface area contributed by atoms with Crippen LogP contribution in [0.25, 0.3) is 5.82 Å². The number of benzene rings is 1. The van der Waals surface area contributed by atoms with Gasteiger partial charge in [0.2, 0.25) is 5.91 Å². The molecule has 1 saturated heterocycles. The van der Waals surface area contributed by atoms with E-state index in [4.69, 9.17) is 0 Å². The normalized spacial score (nSPS) is 14.6. The van der Waals surface area contributed by atoms with Crippen LogP contribution in [0.4, 0.5) is 11.5 Å². The molecule has 156 valence electrons. The van der Waals surface area contributed by atoms with Gasteiger partial charge in [0.1, 0.15) is 24.3 Å². The van der Waals surface area contributed by atoms with Gasteiger partial charge in [0.15, 0.2) is 0 Å². The van der Waals surface area contributed by atoms with Crippen molar-refractivity contribution in [1.29, 1.82) is 0 Å². The van der Waals surface area contributed by atoms with Crippen molar-refractivity contribution in [3.63, 3.8) is 0 Å². The van der Waals surface area contributed by atoms with Crippen molar-refractivity contribution >= 4 is 17.4 Å². The first-order chi connectivity index (χ1) is 14.7. The number of amides is 1. The van der Waals surface area contributed by atoms with E-state index in [1.807, 2.05) is 29.0 Å². The number of imidazole rings is 1. The van der Waals surface area contributed by atoms with Gasteiger partial charge in [-0.2, -0.15) is 0 Å². The third kappa shape index (κ3) is 4.84. The van der Waals surface area contributed by atoms with Gasteiger partial charge in [-0.05, 0) is 43.4 Å². The quantitative estimate of drug-likeness (QED) is 0.647. The van der Waals surface area contributed by atoms with Crippen molar-refractivity contribution < 1.29 is 4.79 Å². The van der Waals surface area contributed by atoms with Gasteiger partial charge in [-0.15, -0.1) is 0 Å². The lowest BCUT2D eigenvalue weighted by atomic mass is 9.95. The largest absolute Gasteiger partial charge is 0.356 e. The number of hydrogen-bond donors (Lipinski definition) is 1. The third-order valence-electron chi connectivity index (χ3n) is 5.64. The molecule has 3 heterocycles. The number of aromatic nitrogens is 4. The van der Waals surface area contributed by atoms with Gasteiger partial charge in [0.05, 0.1) is 0 Å². The lowest BCUT2D eigenvalue weighted by Gasteiger charge is -2.32. The van der Waals surface area contributed by atoms with Crippen LogP contribution in [0.1, 0.15) is 38.2 Å². The van der Waals surface area contributed by atoms with Crippen molar-refractivity contribution in [2.45, 2.75) is 39.0 Å². The van der Waals surface area contributed by atoms with E-state index in [1.165, 1.54) is 18.4 Å². The van der Waals surface area contributed by atoms with E-state index in [9.17, 15) is 4.79 Å². The number of rotatable bonds is 7. The number of carbonyl (C=O) groups is 1. The molecule has 0 aliphatic carbocycles. The molecule has 1 amide bonds. The summed E-state index contributed by atoms with van der Waals surface area (Å²) in [6, 6.07) is 10.2. The Bertz CT molecular complexity index is 946. The molecule has 1 N–H and O–H groups in total. The van der Waals surface area contributed by atoms with E-state index in [-0.39, 0.29) is 11.8 Å². The third-order valence-corrected chi connectivity index (χ3v) is 5.64. The zero-order chi connectivity index (χ0) is 20.8. The Morgan fingerprint density at radius 1 is 1.13 bits per heavy atom. The first-order valence-corrected chi connectivity index (χ1v) is 10.7. The van der Waals surface area contributed by atoms with Crippen molar-refractivity contribution in [2.24, 2.45) is 5.92 Å². The van der Waals surface area contributed by atoms with E-state index in [1.54, 1.807) is 18.9 Å². The molecule has 0 radical (unpaired) electrons. The monoisotopic (exact) mass is 404 g/mol. The highest BCUT2D eigenvalue weighted by atomic mass is 16.1. The molecular formula is C23H28N6O. The van der Waals surface area contributed by atoms with Crippen molar-refractivity contribution in [3.8, 4) is 5.82 Å². The molecule has 1 aromatic carbocycles. The molecule has 3 aromatic rings. The van der Waals surface area contributed by atoms with Crippen LogP contribution in [0, 0.1) is 5.92 Å². The number of hydrogen-bond acceptors (Lipinski definition) is 5. The van der Waals surface area contributed by atoms with E-state index in [2.05, 4.69) is 44.2 Å². The second-order valence-corrected chi connectivity index (χ2v) is 7.76. The summed E-state index contributed by atoms with van der Waals surface area (Å²) in [6.45, 7) is 3.80. The minimum absolute atomic E-state index is 0.0241. The van der Waals surface area contributed by atoms with Crippen LogP contribution in [0.5, 0.6) is 0 Å². The molecule has 0 saturated carbocycles. The van der Waals surface area contributed by atoms with E-state index >= 15 is 0 Å². The van der Waals surface area contributed by atoms with Gasteiger partial charge in [-0.25, -0.2) is 15.0 Å². The SMILES string of the molecule is CCCCc1ccc(NC(=O)C2CCN(c3cc(-n4ccnc4)ncn3)CC2)cc1. The number of nitrogens with zero attached hydrogens (tertiary/aromatic N) is 5. The first kappa shape index (κ1) is 20.1. The molecule has 7 nitrogen and oxygen atoms in total. The highest BCUT2D eigenvalue weighted by Gasteiger charge is 2.26. The fourth-order valence-electron chi connectivity index (χ4n) is 3.80. The molecule has 1 aliphatic rings. The second-order valence-electron chi connectivity index (χ2n) is 7.76. The first-order valence-electron chi connectivity index (χ1n) is 10.7. The summed E-state index contributed by atoms with van der Waals surface area (Å²) in [5.41, 5.74) is 2.20. The smallest absolute Gasteiger partial charge is 0.227 e. The number of aryl methyl sites for hydroxylation is 1. The second kappa shape index (κ2) is 9.52. The molecule has 1 fully saturated rings. The highest BCUT2D eigenvalue weighted by molar-refractivity contribution is 5.92. The molecule has 0 spiro atoms. The summed E-state index contributed by atoms with van der Waals surface area (Å²) in [5, 5.41) is 3.08. The van der Waals surface area contributed by atoms with Gasteiger partial charge in [-0.1, -0.05) is 25.5 Å². The van der Waals surface area contributed by atoms with Crippen LogP contribution in [0.2, 0.25) is 0 Å². The van der Waals surface area contributed by atoms with Gasteiger partial charge in [-0.3, -0.25) is 9.36 Å². The minimum Gasteiger partial charge on any atom is -0.356 e. The predicted octanol–water partition coefficient (Wildman–Crippen LogP) is 3.86. The van der Waals surface area contributed by atoms with Crippen molar-refractivity contribution in [3.05, 3.63) is 60.9 Å². The number of carbonyl (C=O) groups excluding carboxylic acids is 1. The minimum atomic E-state index is 0.0241. The summed E-state index contributed by atoms with van der Waals surface area (Å²) < 4.78 is 1.86. The van der Waals surface area contributed by atoms with Crippen LogP contribution < -0.4 is 10.2 Å². The van der Waals surface area contributed by atoms with E-state index < -0.39 is 0 Å². The molecular weight excluding hydrogens is 376 g/mol. The Balaban J connectivity index is 1.31. The van der Waals surface area contributed by atoms with Crippen LogP contribution in [0.15, 0.2) is 55.4 Å². The number of piperidine rings is 1. The molecule has 0 unspecified atom stereocenters. The summed E-state index contributed by atoms with van der Waals surface area (Å²) >= 11 is 0. The average molecular weight is 405 g/mol. The van der Waals surface area contributed by atoms with Gasteiger partial charge >= 0.3 is 0 Å². The molecule has 30 heavy (non-hydrogen) atoms. The maximum Gasteiger partial charge on any atom is 0.227 e. The lowest BCUT2D eigenvalue weighted by molar-refractivity contribution is -0.120. The fraction of sp³-hybridized carbons (Fsp3) is 0.391. The average Bonchev–Trinajstić information content (AvgIpc) is 3.34. The van der Waals surface area contributed by atoms with E-state index in [0.717, 1.165) is 49.7 Å². The molecule has 0 atom stereocenters. The Kier molecular flexibility index (Phi) is 6.37.